The summed E-state index contributed by atoms with van der Waals surface area (Å²) in [4.78, 5) is 7.57. The Morgan fingerprint density at radius 2 is 1.88 bits per heavy atom. The number of nitrogens with two attached hydrogens (primary N) is 1. The predicted octanol–water partition coefficient (Wildman–Crippen LogP) is -0.0987. The van der Waals surface area contributed by atoms with Crippen molar-refractivity contribution in [1.29, 1.82) is 0 Å². The lowest BCUT2D eigenvalue weighted by Gasteiger charge is -2.42. The van der Waals surface area contributed by atoms with Crippen LogP contribution in [0.2, 0.25) is 0 Å². The molecule has 0 bridgehead atoms. The minimum Gasteiger partial charge on any atom is -0.327 e. The third kappa shape index (κ3) is 3.41. The topological polar surface area (TPSA) is 35.7 Å². The SMILES string of the molecule is CC1CN(CC2CN(C)CCN2C)CCC1N. The summed E-state index contributed by atoms with van der Waals surface area (Å²) in [5.74, 6) is 0.648. The number of likely N-dealkylation sites (tertiary alicyclic amines) is 1. The van der Waals surface area contributed by atoms with Crippen LogP contribution < -0.4 is 5.73 Å². The average molecular weight is 240 g/mol. The van der Waals surface area contributed by atoms with Gasteiger partial charge in [-0.2, -0.15) is 0 Å². The van der Waals surface area contributed by atoms with Gasteiger partial charge in [0.05, 0.1) is 0 Å². The molecule has 2 heterocycles. The van der Waals surface area contributed by atoms with Crippen LogP contribution in [0.1, 0.15) is 13.3 Å². The van der Waals surface area contributed by atoms with Crippen LogP contribution in [0.15, 0.2) is 0 Å². The first-order chi connectivity index (χ1) is 8.06. The molecule has 17 heavy (non-hydrogen) atoms. The molecule has 0 aliphatic carbocycles. The van der Waals surface area contributed by atoms with Gasteiger partial charge in [0.25, 0.3) is 0 Å². The van der Waals surface area contributed by atoms with Gasteiger partial charge in [-0.25, -0.2) is 0 Å². The van der Waals surface area contributed by atoms with E-state index in [-0.39, 0.29) is 0 Å². The second-order valence-electron chi connectivity index (χ2n) is 6.09. The largest absolute Gasteiger partial charge is 0.327 e. The standard InChI is InChI=1S/C13H28N4/c1-11-8-17(5-4-13(11)14)10-12-9-15(2)6-7-16(12)3/h11-13H,4-10,14H2,1-3H3. The molecular weight excluding hydrogens is 212 g/mol. The summed E-state index contributed by atoms with van der Waals surface area (Å²) >= 11 is 0. The van der Waals surface area contributed by atoms with Gasteiger partial charge in [0.2, 0.25) is 0 Å². The van der Waals surface area contributed by atoms with Crippen molar-refractivity contribution in [3.63, 3.8) is 0 Å². The lowest BCUT2D eigenvalue weighted by molar-refractivity contribution is 0.0646. The van der Waals surface area contributed by atoms with Gasteiger partial charge in [-0.3, -0.25) is 4.90 Å². The molecule has 2 aliphatic heterocycles. The highest BCUT2D eigenvalue weighted by molar-refractivity contribution is 4.86. The smallest absolute Gasteiger partial charge is 0.0347 e. The lowest BCUT2D eigenvalue weighted by atomic mass is 9.94. The van der Waals surface area contributed by atoms with Crippen LogP contribution in [0.25, 0.3) is 0 Å². The van der Waals surface area contributed by atoms with Crippen LogP contribution in [0.3, 0.4) is 0 Å². The van der Waals surface area contributed by atoms with E-state index in [0.717, 1.165) is 6.42 Å². The van der Waals surface area contributed by atoms with E-state index in [1.54, 1.807) is 0 Å². The summed E-state index contributed by atoms with van der Waals surface area (Å²) in [5, 5.41) is 0. The molecule has 4 heteroatoms. The summed E-state index contributed by atoms with van der Waals surface area (Å²) in [6, 6.07) is 1.10. The van der Waals surface area contributed by atoms with Crippen LogP contribution in [0.5, 0.6) is 0 Å². The van der Waals surface area contributed by atoms with Crippen molar-refractivity contribution < 1.29 is 0 Å². The molecule has 2 saturated heterocycles. The third-order valence-corrected chi connectivity index (χ3v) is 4.50. The zero-order valence-electron chi connectivity index (χ0n) is 11.6. The Morgan fingerprint density at radius 3 is 2.59 bits per heavy atom. The quantitative estimate of drug-likeness (QED) is 0.731. The first kappa shape index (κ1) is 13.3. The molecule has 0 aromatic rings. The first-order valence-corrected chi connectivity index (χ1v) is 6.93. The molecule has 2 fully saturated rings. The van der Waals surface area contributed by atoms with Crippen molar-refractivity contribution in [2.75, 3.05) is 53.4 Å². The van der Waals surface area contributed by atoms with Crippen LogP contribution in [-0.4, -0.2) is 80.1 Å². The Hall–Kier alpha value is -0.160. The highest BCUT2D eigenvalue weighted by atomic mass is 15.3. The van der Waals surface area contributed by atoms with Gasteiger partial charge >= 0.3 is 0 Å². The molecule has 3 unspecified atom stereocenters. The first-order valence-electron chi connectivity index (χ1n) is 6.93. The van der Waals surface area contributed by atoms with Crippen molar-refractivity contribution in [3.8, 4) is 0 Å². The van der Waals surface area contributed by atoms with E-state index in [1.165, 1.54) is 39.3 Å². The fraction of sp³-hybridized carbons (Fsp3) is 1.00. The van der Waals surface area contributed by atoms with Crippen molar-refractivity contribution in [2.24, 2.45) is 11.7 Å². The molecule has 0 saturated carbocycles. The summed E-state index contributed by atoms with van der Waals surface area (Å²) in [6.45, 7) is 9.45. The van der Waals surface area contributed by atoms with Crippen molar-refractivity contribution >= 4 is 0 Å². The minimum absolute atomic E-state index is 0.415. The maximum Gasteiger partial charge on any atom is 0.0347 e. The molecule has 2 aliphatic rings. The Labute approximate surface area is 106 Å². The van der Waals surface area contributed by atoms with E-state index >= 15 is 0 Å². The van der Waals surface area contributed by atoms with Gasteiger partial charge in [0, 0.05) is 44.8 Å². The summed E-state index contributed by atoms with van der Waals surface area (Å²) in [6.07, 6.45) is 1.16. The van der Waals surface area contributed by atoms with Crippen molar-refractivity contribution in [3.05, 3.63) is 0 Å². The van der Waals surface area contributed by atoms with Crippen LogP contribution >= 0.6 is 0 Å². The van der Waals surface area contributed by atoms with Gasteiger partial charge in [-0.1, -0.05) is 6.92 Å². The summed E-state index contributed by atoms with van der Waals surface area (Å²) < 4.78 is 0. The van der Waals surface area contributed by atoms with Crippen LogP contribution in [0, 0.1) is 5.92 Å². The van der Waals surface area contributed by atoms with Gasteiger partial charge in [-0.05, 0) is 33.0 Å². The predicted molar refractivity (Wildman–Crippen MR) is 72.1 cm³/mol. The number of rotatable bonds is 2. The second kappa shape index (κ2) is 5.65. The molecule has 4 nitrogen and oxygen atoms in total. The summed E-state index contributed by atoms with van der Waals surface area (Å²) in [5.41, 5.74) is 6.08. The normalized spacial score (nSPS) is 38.5. The molecule has 0 amide bonds. The fourth-order valence-corrected chi connectivity index (χ4v) is 3.01. The number of piperazine rings is 1. The monoisotopic (exact) mass is 240 g/mol. The van der Waals surface area contributed by atoms with Gasteiger partial charge in [0.15, 0.2) is 0 Å². The number of hydrogen-bond acceptors (Lipinski definition) is 4. The van der Waals surface area contributed by atoms with E-state index in [9.17, 15) is 0 Å². The highest BCUT2D eigenvalue weighted by Crippen LogP contribution is 2.17. The Bertz CT molecular complexity index is 246. The number of hydrogen-bond donors (Lipinski definition) is 1. The minimum atomic E-state index is 0.415. The Morgan fingerprint density at radius 1 is 1.12 bits per heavy atom. The third-order valence-electron chi connectivity index (χ3n) is 4.50. The zero-order chi connectivity index (χ0) is 12.4. The van der Waals surface area contributed by atoms with Crippen LogP contribution in [0.4, 0.5) is 0 Å². The molecule has 0 aromatic heterocycles. The molecule has 3 atom stereocenters. The Balaban J connectivity index is 1.83. The summed E-state index contributed by atoms with van der Waals surface area (Å²) in [7, 11) is 4.49. The highest BCUT2D eigenvalue weighted by Gasteiger charge is 2.28. The van der Waals surface area contributed by atoms with Crippen LogP contribution in [-0.2, 0) is 0 Å². The van der Waals surface area contributed by atoms with E-state index in [4.69, 9.17) is 5.73 Å². The molecule has 0 radical (unpaired) electrons. The molecule has 2 rings (SSSR count). The van der Waals surface area contributed by atoms with Crippen molar-refractivity contribution in [2.45, 2.75) is 25.4 Å². The maximum atomic E-state index is 6.08. The molecule has 2 N–H and O–H groups in total. The van der Waals surface area contributed by atoms with Crippen molar-refractivity contribution in [1.82, 2.24) is 14.7 Å². The van der Waals surface area contributed by atoms with Gasteiger partial charge in [0.1, 0.15) is 0 Å². The fourth-order valence-electron chi connectivity index (χ4n) is 3.01. The number of likely N-dealkylation sites (N-methyl/N-ethyl adjacent to an activating group) is 2. The van der Waals surface area contributed by atoms with Gasteiger partial charge in [-0.15, -0.1) is 0 Å². The van der Waals surface area contributed by atoms with E-state index in [2.05, 4.69) is 35.7 Å². The maximum absolute atomic E-state index is 6.08. The Kier molecular flexibility index (Phi) is 4.42. The second-order valence-corrected chi connectivity index (χ2v) is 6.09. The molecule has 0 spiro atoms. The molecule has 0 aromatic carbocycles. The number of piperidine rings is 1. The average Bonchev–Trinajstić information content (AvgIpc) is 2.29. The molecule has 100 valence electrons. The van der Waals surface area contributed by atoms with E-state index in [1.807, 2.05) is 0 Å². The molecular formula is C13H28N4. The zero-order valence-corrected chi connectivity index (χ0v) is 11.6. The number of nitrogens with zero attached hydrogens (tertiary/aromatic N) is 3. The lowest BCUT2D eigenvalue weighted by Crippen LogP contribution is -2.56. The van der Waals surface area contributed by atoms with Gasteiger partial charge < -0.3 is 15.5 Å². The van der Waals surface area contributed by atoms with E-state index < -0.39 is 0 Å². The van der Waals surface area contributed by atoms with E-state index in [0.29, 0.717) is 18.0 Å².